The summed E-state index contributed by atoms with van der Waals surface area (Å²) in [6.07, 6.45) is 7.26. The molecule has 0 unspecified atom stereocenters. The van der Waals surface area contributed by atoms with Crippen molar-refractivity contribution in [1.29, 1.82) is 0 Å². The fourth-order valence-electron chi connectivity index (χ4n) is 2.47. The minimum Gasteiger partial charge on any atom is -0.314 e. The molecule has 1 N–H and O–H groups in total. The number of hydrogen-bond donors (Lipinski definition) is 1. The van der Waals surface area contributed by atoms with Crippen LogP contribution in [0.4, 0.5) is 0 Å². The number of nitrogens with zero attached hydrogens (tertiary/aromatic N) is 1. The Balaban J connectivity index is 0.000000771. The monoisotopic (exact) mass is 250 g/mol. The third-order valence-corrected chi connectivity index (χ3v) is 3.65. The summed E-state index contributed by atoms with van der Waals surface area (Å²) in [5.41, 5.74) is 3.23. The van der Waals surface area contributed by atoms with E-state index in [2.05, 4.69) is 36.2 Å². The Hall–Kier alpha value is -0.600. The highest BCUT2D eigenvalue weighted by Gasteiger charge is 2.14. The molecule has 0 atom stereocenters. The third kappa shape index (κ3) is 4.95. The summed E-state index contributed by atoms with van der Waals surface area (Å²) in [4.78, 5) is 2.57. The zero-order valence-corrected chi connectivity index (χ0v) is 12.6. The van der Waals surface area contributed by atoms with Crippen molar-refractivity contribution in [2.24, 2.45) is 5.92 Å². The normalized spacial score (nSPS) is 20.9. The van der Waals surface area contributed by atoms with Gasteiger partial charge in [0.2, 0.25) is 0 Å². The number of rotatable bonds is 3. The second-order valence-corrected chi connectivity index (χ2v) is 5.25. The molecule has 0 radical (unpaired) electrons. The first-order valence-electron chi connectivity index (χ1n) is 7.57. The molecule has 1 heterocycles. The summed E-state index contributed by atoms with van der Waals surface area (Å²) >= 11 is 0. The summed E-state index contributed by atoms with van der Waals surface area (Å²) in [5, 5.41) is 3.40. The van der Waals surface area contributed by atoms with Crippen molar-refractivity contribution in [2.75, 3.05) is 32.7 Å². The van der Waals surface area contributed by atoms with Gasteiger partial charge in [0.25, 0.3) is 0 Å². The van der Waals surface area contributed by atoms with Gasteiger partial charge in [-0.25, -0.2) is 0 Å². The summed E-state index contributed by atoms with van der Waals surface area (Å²) in [6, 6.07) is 0. The first kappa shape index (κ1) is 15.5. The molecule has 0 amide bonds. The molecular formula is C16H30N2. The molecule has 2 heteroatoms. The van der Waals surface area contributed by atoms with E-state index >= 15 is 0 Å². The molecule has 0 aromatic heterocycles. The Bertz CT molecular complexity index is 283. The highest BCUT2D eigenvalue weighted by Crippen LogP contribution is 2.24. The average molecular weight is 250 g/mol. The first-order chi connectivity index (χ1) is 8.75. The molecule has 1 aliphatic heterocycles. The van der Waals surface area contributed by atoms with Crippen LogP contribution in [0.2, 0.25) is 0 Å². The second-order valence-electron chi connectivity index (χ2n) is 5.25. The van der Waals surface area contributed by atoms with Crippen molar-refractivity contribution >= 4 is 0 Å². The van der Waals surface area contributed by atoms with Crippen molar-refractivity contribution in [1.82, 2.24) is 10.2 Å². The van der Waals surface area contributed by atoms with Crippen LogP contribution in [0, 0.1) is 5.92 Å². The van der Waals surface area contributed by atoms with Crippen molar-refractivity contribution < 1.29 is 0 Å². The van der Waals surface area contributed by atoms with E-state index in [4.69, 9.17) is 0 Å². The molecule has 2 rings (SSSR count). The van der Waals surface area contributed by atoms with Crippen LogP contribution in [0.5, 0.6) is 0 Å². The number of allylic oxidation sites excluding steroid dienone is 3. The maximum Gasteiger partial charge on any atom is 0.0197 e. The van der Waals surface area contributed by atoms with Crippen LogP contribution in [0.25, 0.3) is 0 Å². The molecule has 0 saturated carbocycles. The molecule has 0 aromatic carbocycles. The minimum atomic E-state index is 0.719. The van der Waals surface area contributed by atoms with Gasteiger partial charge in [-0.15, -0.1) is 0 Å². The molecule has 18 heavy (non-hydrogen) atoms. The van der Waals surface area contributed by atoms with Crippen LogP contribution in [0.1, 0.15) is 40.5 Å². The van der Waals surface area contributed by atoms with Gasteiger partial charge in [0.1, 0.15) is 0 Å². The topological polar surface area (TPSA) is 15.3 Å². The van der Waals surface area contributed by atoms with Gasteiger partial charge in [-0.3, -0.25) is 4.90 Å². The van der Waals surface area contributed by atoms with E-state index in [1.165, 1.54) is 32.5 Å². The lowest BCUT2D eigenvalue weighted by atomic mass is 9.91. The lowest BCUT2D eigenvalue weighted by Gasteiger charge is -2.29. The Morgan fingerprint density at radius 1 is 1.11 bits per heavy atom. The van der Waals surface area contributed by atoms with Crippen molar-refractivity contribution in [3.8, 4) is 0 Å². The van der Waals surface area contributed by atoms with Gasteiger partial charge < -0.3 is 5.32 Å². The molecular weight excluding hydrogens is 220 g/mol. The fraction of sp³-hybridized carbons (Fsp3) is 0.750. The summed E-state index contributed by atoms with van der Waals surface area (Å²) in [7, 11) is 0. The summed E-state index contributed by atoms with van der Waals surface area (Å²) < 4.78 is 0. The maximum atomic E-state index is 3.40. The van der Waals surface area contributed by atoms with Crippen LogP contribution in [-0.2, 0) is 0 Å². The standard InChI is InChI=1S/C14H24N2.C2H6/c1-12(2)14-5-3-13(4-6-14)11-16-9-7-15-8-10-16;1-2/h3,5,12,15H,4,6-11H2,1-2H3;1-2H3. The van der Waals surface area contributed by atoms with Crippen LogP contribution < -0.4 is 5.32 Å². The highest BCUT2D eigenvalue weighted by atomic mass is 15.2. The lowest BCUT2D eigenvalue weighted by Crippen LogP contribution is -2.44. The molecule has 0 bridgehead atoms. The van der Waals surface area contributed by atoms with E-state index in [0.29, 0.717) is 0 Å². The van der Waals surface area contributed by atoms with Gasteiger partial charge in [-0.1, -0.05) is 51.0 Å². The smallest absolute Gasteiger partial charge is 0.0197 e. The Labute approximate surface area is 113 Å². The number of hydrogen-bond acceptors (Lipinski definition) is 2. The number of nitrogens with one attached hydrogen (secondary N) is 1. The predicted molar refractivity (Wildman–Crippen MR) is 80.9 cm³/mol. The Kier molecular flexibility index (Phi) is 7.29. The minimum absolute atomic E-state index is 0.719. The second kappa shape index (κ2) is 8.49. The van der Waals surface area contributed by atoms with E-state index in [1.807, 2.05) is 13.8 Å². The van der Waals surface area contributed by atoms with Crippen LogP contribution in [-0.4, -0.2) is 37.6 Å². The molecule has 1 fully saturated rings. The SMILES string of the molecule is CC.CC(C)C1=CC=C(CN2CCNCC2)CC1. The third-order valence-electron chi connectivity index (χ3n) is 3.65. The van der Waals surface area contributed by atoms with Gasteiger partial charge >= 0.3 is 0 Å². The maximum absolute atomic E-state index is 3.40. The van der Waals surface area contributed by atoms with Crippen LogP contribution in [0.3, 0.4) is 0 Å². The van der Waals surface area contributed by atoms with E-state index in [1.54, 1.807) is 11.1 Å². The molecule has 1 aliphatic carbocycles. The fourth-order valence-corrected chi connectivity index (χ4v) is 2.47. The largest absolute Gasteiger partial charge is 0.314 e. The predicted octanol–water partition coefficient (Wildman–Crippen LogP) is 3.22. The van der Waals surface area contributed by atoms with Crippen LogP contribution >= 0.6 is 0 Å². The molecule has 104 valence electrons. The van der Waals surface area contributed by atoms with Crippen LogP contribution in [0.15, 0.2) is 23.3 Å². The quantitative estimate of drug-likeness (QED) is 0.827. The van der Waals surface area contributed by atoms with E-state index in [9.17, 15) is 0 Å². The lowest BCUT2D eigenvalue weighted by molar-refractivity contribution is 0.257. The van der Waals surface area contributed by atoms with Gasteiger partial charge in [-0.2, -0.15) is 0 Å². The summed E-state index contributed by atoms with van der Waals surface area (Å²) in [5.74, 6) is 0.719. The number of piperazine rings is 1. The van der Waals surface area contributed by atoms with Crippen molar-refractivity contribution in [2.45, 2.75) is 40.5 Å². The average Bonchev–Trinajstić information content (AvgIpc) is 2.43. The van der Waals surface area contributed by atoms with E-state index < -0.39 is 0 Å². The molecule has 0 spiro atoms. The van der Waals surface area contributed by atoms with E-state index in [-0.39, 0.29) is 0 Å². The highest BCUT2D eigenvalue weighted by molar-refractivity contribution is 5.25. The molecule has 2 nitrogen and oxygen atoms in total. The molecule has 1 saturated heterocycles. The van der Waals surface area contributed by atoms with Crippen molar-refractivity contribution in [3.05, 3.63) is 23.3 Å². The Morgan fingerprint density at radius 2 is 1.78 bits per heavy atom. The molecule has 0 aromatic rings. The first-order valence-corrected chi connectivity index (χ1v) is 7.57. The van der Waals surface area contributed by atoms with E-state index in [0.717, 1.165) is 19.0 Å². The van der Waals surface area contributed by atoms with Gasteiger partial charge in [0.05, 0.1) is 0 Å². The summed E-state index contributed by atoms with van der Waals surface area (Å²) in [6.45, 7) is 14.5. The zero-order chi connectivity index (χ0) is 13.4. The van der Waals surface area contributed by atoms with Gasteiger partial charge in [0.15, 0.2) is 0 Å². The molecule has 2 aliphatic rings. The zero-order valence-electron chi connectivity index (χ0n) is 12.6. The Morgan fingerprint density at radius 3 is 2.28 bits per heavy atom. The van der Waals surface area contributed by atoms with Gasteiger partial charge in [0, 0.05) is 32.7 Å². The van der Waals surface area contributed by atoms with Gasteiger partial charge in [-0.05, 0) is 18.8 Å². The van der Waals surface area contributed by atoms with Crippen molar-refractivity contribution in [3.63, 3.8) is 0 Å².